The van der Waals surface area contributed by atoms with Gasteiger partial charge in [0.1, 0.15) is 0 Å². The van der Waals surface area contributed by atoms with Crippen LogP contribution in [0.15, 0.2) is 18.2 Å². The molecule has 1 heterocycles. The van der Waals surface area contributed by atoms with E-state index < -0.39 is 11.7 Å². The number of rotatable bonds is 6. The van der Waals surface area contributed by atoms with Crippen molar-refractivity contribution in [2.75, 3.05) is 11.9 Å². The van der Waals surface area contributed by atoms with Crippen LogP contribution in [-0.4, -0.2) is 24.3 Å². The third-order valence-corrected chi connectivity index (χ3v) is 3.18. The van der Waals surface area contributed by atoms with Gasteiger partial charge in [0.2, 0.25) is 0 Å². The number of benzene rings is 1. The minimum absolute atomic E-state index is 0.175. The van der Waals surface area contributed by atoms with Gasteiger partial charge in [0.25, 0.3) is 11.7 Å². The van der Waals surface area contributed by atoms with Gasteiger partial charge in [-0.15, -0.1) is 0 Å². The molecule has 0 fully saturated rings. The lowest BCUT2D eigenvalue weighted by molar-refractivity contribution is -0.143. The first-order valence-electron chi connectivity index (χ1n) is 6.76. The third kappa shape index (κ3) is 3.23. The van der Waals surface area contributed by atoms with Crippen molar-refractivity contribution < 1.29 is 19.1 Å². The molecular weight excluding hydrogens is 258 g/mol. The second kappa shape index (κ2) is 6.32. The molecule has 0 aliphatic carbocycles. The number of anilines is 1. The van der Waals surface area contributed by atoms with Crippen LogP contribution in [0, 0.1) is 0 Å². The number of carbonyl (C=O) groups excluding carboxylic acids is 3. The lowest BCUT2D eigenvalue weighted by Crippen LogP contribution is -2.12. The normalized spacial score (nSPS) is 13.1. The zero-order valence-electron chi connectivity index (χ0n) is 11.4. The van der Waals surface area contributed by atoms with Gasteiger partial charge in [-0.25, -0.2) is 0 Å². The lowest BCUT2D eigenvalue weighted by atomic mass is 10.0. The summed E-state index contributed by atoms with van der Waals surface area (Å²) in [5.74, 6) is -1.22. The quantitative estimate of drug-likeness (QED) is 0.490. The highest BCUT2D eigenvalue weighted by Gasteiger charge is 2.27. The first-order chi connectivity index (χ1) is 9.61. The van der Waals surface area contributed by atoms with Gasteiger partial charge in [-0.3, -0.25) is 14.4 Å². The molecule has 1 N–H and O–H groups in total. The van der Waals surface area contributed by atoms with E-state index in [1.165, 1.54) is 0 Å². The van der Waals surface area contributed by atoms with Crippen LogP contribution >= 0.6 is 0 Å². The molecule has 0 aromatic heterocycles. The van der Waals surface area contributed by atoms with Crippen LogP contribution in [0.25, 0.3) is 0 Å². The van der Waals surface area contributed by atoms with Crippen molar-refractivity contribution >= 4 is 23.3 Å². The molecular formula is C15H17NO4. The van der Waals surface area contributed by atoms with Crippen LogP contribution < -0.4 is 5.32 Å². The lowest BCUT2D eigenvalue weighted by Gasteiger charge is -2.04. The van der Waals surface area contributed by atoms with Crippen molar-refractivity contribution in [2.24, 2.45) is 0 Å². The average Bonchev–Trinajstić information content (AvgIpc) is 2.71. The predicted octanol–water partition coefficient (Wildman–Crippen LogP) is 2.10. The first-order valence-corrected chi connectivity index (χ1v) is 6.76. The van der Waals surface area contributed by atoms with E-state index in [9.17, 15) is 14.4 Å². The Hall–Kier alpha value is -2.17. The number of ether oxygens (including phenoxy) is 1. The third-order valence-electron chi connectivity index (χ3n) is 3.18. The Labute approximate surface area is 117 Å². The number of esters is 1. The SMILES string of the molecule is CCOC(=O)CCCCc1ccc2c(c1)C(=O)C(=O)N2. The Morgan fingerprint density at radius 1 is 1.25 bits per heavy atom. The van der Waals surface area contributed by atoms with Gasteiger partial charge in [0.15, 0.2) is 0 Å². The smallest absolute Gasteiger partial charge is 0.305 e. The van der Waals surface area contributed by atoms with Crippen LogP contribution in [-0.2, 0) is 20.7 Å². The zero-order chi connectivity index (χ0) is 14.5. The van der Waals surface area contributed by atoms with E-state index in [-0.39, 0.29) is 5.97 Å². The number of hydrogen-bond donors (Lipinski definition) is 1. The number of nitrogens with one attached hydrogen (secondary N) is 1. The number of hydrogen-bond acceptors (Lipinski definition) is 4. The summed E-state index contributed by atoms with van der Waals surface area (Å²) in [6.07, 6.45) is 2.78. The number of fused-ring (bicyclic) bond motifs is 1. The molecule has 5 nitrogen and oxygen atoms in total. The summed E-state index contributed by atoms with van der Waals surface area (Å²) < 4.78 is 4.85. The van der Waals surface area contributed by atoms with Crippen molar-refractivity contribution in [1.82, 2.24) is 0 Å². The molecule has 0 bridgehead atoms. The Bertz CT molecular complexity index is 551. The highest BCUT2D eigenvalue weighted by atomic mass is 16.5. The van der Waals surface area contributed by atoms with E-state index in [0.29, 0.717) is 24.3 Å². The largest absolute Gasteiger partial charge is 0.466 e. The fourth-order valence-corrected chi connectivity index (χ4v) is 2.18. The van der Waals surface area contributed by atoms with E-state index in [2.05, 4.69) is 5.32 Å². The average molecular weight is 275 g/mol. The highest BCUT2D eigenvalue weighted by molar-refractivity contribution is 6.51. The fourth-order valence-electron chi connectivity index (χ4n) is 2.18. The summed E-state index contributed by atoms with van der Waals surface area (Å²) in [5, 5.41) is 2.52. The van der Waals surface area contributed by atoms with Gasteiger partial charge in [0, 0.05) is 6.42 Å². The monoisotopic (exact) mass is 275 g/mol. The van der Waals surface area contributed by atoms with Gasteiger partial charge in [0.05, 0.1) is 17.9 Å². The molecule has 1 aromatic rings. The van der Waals surface area contributed by atoms with Gasteiger partial charge < -0.3 is 10.1 Å². The maximum absolute atomic E-state index is 11.6. The molecule has 0 spiro atoms. The van der Waals surface area contributed by atoms with E-state index in [0.717, 1.165) is 24.8 Å². The Morgan fingerprint density at radius 2 is 2.05 bits per heavy atom. The van der Waals surface area contributed by atoms with E-state index >= 15 is 0 Å². The molecule has 20 heavy (non-hydrogen) atoms. The minimum Gasteiger partial charge on any atom is -0.466 e. The molecule has 0 unspecified atom stereocenters. The second-order valence-electron chi connectivity index (χ2n) is 4.68. The number of Topliss-reactive ketones (excluding diaryl/α,β-unsaturated/α-hetero) is 1. The van der Waals surface area contributed by atoms with Crippen molar-refractivity contribution in [3.63, 3.8) is 0 Å². The molecule has 1 aliphatic rings. The molecule has 1 aliphatic heterocycles. The number of ketones is 1. The maximum Gasteiger partial charge on any atom is 0.305 e. The van der Waals surface area contributed by atoms with Gasteiger partial charge in [-0.2, -0.15) is 0 Å². The van der Waals surface area contributed by atoms with E-state index in [4.69, 9.17) is 4.74 Å². The molecule has 0 saturated carbocycles. The zero-order valence-corrected chi connectivity index (χ0v) is 11.4. The number of amides is 1. The van der Waals surface area contributed by atoms with Gasteiger partial charge in [-0.1, -0.05) is 6.07 Å². The summed E-state index contributed by atoms with van der Waals surface area (Å²) in [4.78, 5) is 34.0. The van der Waals surface area contributed by atoms with Crippen molar-refractivity contribution in [3.8, 4) is 0 Å². The summed E-state index contributed by atoms with van der Waals surface area (Å²) in [6, 6.07) is 5.39. The van der Waals surface area contributed by atoms with E-state index in [1.54, 1.807) is 19.1 Å². The minimum atomic E-state index is -0.570. The summed E-state index contributed by atoms with van der Waals surface area (Å²) in [5.41, 5.74) is 2.02. The molecule has 0 radical (unpaired) electrons. The number of unbranched alkanes of at least 4 members (excludes halogenated alkanes) is 1. The molecule has 2 rings (SSSR count). The van der Waals surface area contributed by atoms with Crippen LogP contribution in [0.5, 0.6) is 0 Å². The molecule has 5 heteroatoms. The van der Waals surface area contributed by atoms with Crippen LogP contribution in [0.1, 0.15) is 42.1 Å². The Kier molecular flexibility index (Phi) is 4.50. The summed E-state index contributed by atoms with van der Waals surface area (Å²) >= 11 is 0. The van der Waals surface area contributed by atoms with Crippen LogP contribution in [0.3, 0.4) is 0 Å². The van der Waals surface area contributed by atoms with Crippen molar-refractivity contribution in [3.05, 3.63) is 29.3 Å². The van der Waals surface area contributed by atoms with Crippen molar-refractivity contribution in [2.45, 2.75) is 32.6 Å². The predicted molar refractivity (Wildman–Crippen MR) is 73.6 cm³/mol. The summed E-state index contributed by atoms with van der Waals surface area (Å²) in [7, 11) is 0. The van der Waals surface area contributed by atoms with Crippen LogP contribution in [0.4, 0.5) is 5.69 Å². The standard InChI is InChI=1S/C15H17NO4/c1-2-20-13(17)6-4-3-5-10-7-8-12-11(9-10)14(18)15(19)16-12/h7-9H,2-6H2,1H3,(H,16,18,19). The van der Waals surface area contributed by atoms with Gasteiger partial charge >= 0.3 is 5.97 Å². The number of aryl methyl sites for hydroxylation is 1. The molecule has 106 valence electrons. The fraction of sp³-hybridized carbons (Fsp3) is 0.400. The van der Waals surface area contributed by atoms with Crippen LogP contribution in [0.2, 0.25) is 0 Å². The molecule has 0 saturated heterocycles. The van der Waals surface area contributed by atoms with Gasteiger partial charge in [-0.05, 0) is 43.9 Å². The molecule has 0 atom stereocenters. The van der Waals surface area contributed by atoms with E-state index in [1.807, 2.05) is 6.07 Å². The topological polar surface area (TPSA) is 72.5 Å². The highest BCUT2D eigenvalue weighted by Crippen LogP contribution is 2.24. The maximum atomic E-state index is 11.6. The molecule has 1 aromatic carbocycles. The first kappa shape index (κ1) is 14.2. The van der Waals surface area contributed by atoms with Crippen molar-refractivity contribution in [1.29, 1.82) is 0 Å². The Morgan fingerprint density at radius 3 is 2.80 bits per heavy atom. The summed E-state index contributed by atoms with van der Waals surface area (Å²) in [6.45, 7) is 2.20. The Balaban J connectivity index is 1.85. The molecule has 1 amide bonds. The number of carbonyl (C=O) groups is 3. The second-order valence-corrected chi connectivity index (χ2v) is 4.68.